The van der Waals surface area contributed by atoms with E-state index in [1.165, 1.54) is 12.0 Å². The number of fused-ring (bicyclic) bond motifs is 1. The third-order valence-electron chi connectivity index (χ3n) is 6.02. The van der Waals surface area contributed by atoms with Crippen LogP contribution in [0.4, 0.5) is 5.82 Å². The van der Waals surface area contributed by atoms with Gasteiger partial charge >= 0.3 is 5.97 Å². The van der Waals surface area contributed by atoms with Crippen molar-refractivity contribution in [2.75, 3.05) is 31.6 Å². The Morgan fingerprint density at radius 3 is 2.93 bits per heavy atom. The Kier molecular flexibility index (Phi) is 6.97. The van der Waals surface area contributed by atoms with Crippen LogP contribution in [0.25, 0.3) is 0 Å². The fourth-order valence-electron chi connectivity index (χ4n) is 4.44. The number of carbonyl (C=O) groups is 1. The molecule has 6 heteroatoms. The van der Waals surface area contributed by atoms with Crippen molar-refractivity contribution in [2.24, 2.45) is 0 Å². The molecule has 2 atom stereocenters. The number of likely N-dealkylation sites (tertiary alicyclic amines) is 1. The van der Waals surface area contributed by atoms with Gasteiger partial charge in [-0.25, -0.2) is 4.98 Å². The number of rotatable bonds is 8. The molecule has 4 rings (SSSR count). The van der Waals surface area contributed by atoms with Gasteiger partial charge in [-0.3, -0.25) is 9.69 Å². The summed E-state index contributed by atoms with van der Waals surface area (Å²) >= 11 is 0. The van der Waals surface area contributed by atoms with E-state index in [0.717, 1.165) is 62.5 Å². The summed E-state index contributed by atoms with van der Waals surface area (Å²) in [6, 6.07) is 14.2. The molecule has 0 radical (unpaired) electrons. The number of aromatic nitrogens is 1. The zero-order valence-corrected chi connectivity index (χ0v) is 17.4. The van der Waals surface area contributed by atoms with Crippen molar-refractivity contribution in [3.63, 3.8) is 0 Å². The van der Waals surface area contributed by atoms with Gasteiger partial charge in [0.05, 0.1) is 24.8 Å². The van der Waals surface area contributed by atoms with Crippen molar-refractivity contribution < 1.29 is 14.6 Å². The van der Waals surface area contributed by atoms with Gasteiger partial charge < -0.3 is 15.2 Å². The van der Waals surface area contributed by atoms with Gasteiger partial charge in [-0.1, -0.05) is 36.4 Å². The van der Waals surface area contributed by atoms with E-state index in [-0.39, 0.29) is 18.4 Å². The van der Waals surface area contributed by atoms with Gasteiger partial charge in [-0.15, -0.1) is 0 Å². The van der Waals surface area contributed by atoms with Crippen LogP contribution in [0.3, 0.4) is 0 Å². The lowest BCUT2D eigenvalue weighted by atomic mass is 9.96. The number of anilines is 1. The molecule has 2 aromatic rings. The molecule has 1 aromatic heterocycles. The molecule has 160 valence electrons. The third kappa shape index (κ3) is 5.58. The van der Waals surface area contributed by atoms with E-state index in [1.807, 2.05) is 30.3 Å². The Morgan fingerprint density at radius 2 is 2.10 bits per heavy atom. The van der Waals surface area contributed by atoms with E-state index in [4.69, 9.17) is 9.72 Å². The van der Waals surface area contributed by atoms with Crippen molar-refractivity contribution in [1.82, 2.24) is 9.88 Å². The molecule has 0 spiro atoms. The summed E-state index contributed by atoms with van der Waals surface area (Å²) < 4.78 is 6.22. The summed E-state index contributed by atoms with van der Waals surface area (Å²) in [6.45, 7) is 4.17. The maximum Gasteiger partial charge on any atom is 0.304 e. The van der Waals surface area contributed by atoms with Gasteiger partial charge in [0.1, 0.15) is 5.82 Å². The summed E-state index contributed by atoms with van der Waals surface area (Å²) in [6.07, 6.45) is 4.60. The van der Waals surface area contributed by atoms with E-state index in [9.17, 15) is 9.90 Å². The van der Waals surface area contributed by atoms with E-state index in [2.05, 4.69) is 22.3 Å². The standard InChI is InChI=1S/C24H31N3O3/c28-23(29)14-20(18-6-2-1-3-7-18)17-30-22-9-5-13-27(16-22)15-21-11-10-19-8-4-12-25-24(19)26-21/h1-3,6-7,10-11,20,22H,4-5,8-9,12-17H2,(H,25,26)(H,28,29)/t20-,22+/m0/s1. The molecule has 6 nitrogen and oxygen atoms in total. The molecule has 0 amide bonds. The predicted molar refractivity (Wildman–Crippen MR) is 117 cm³/mol. The van der Waals surface area contributed by atoms with Crippen LogP contribution in [0, 0.1) is 0 Å². The first kappa shape index (κ1) is 20.8. The van der Waals surface area contributed by atoms with Gasteiger partial charge in [0.25, 0.3) is 0 Å². The topological polar surface area (TPSA) is 74.7 Å². The monoisotopic (exact) mass is 409 g/mol. The molecule has 0 aliphatic carbocycles. The first-order valence-corrected chi connectivity index (χ1v) is 11.0. The Labute approximate surface area is 178 Å². The average Bonchev–Trinajstić information content (AvgIpc) is 2.77. The highest BCUT2D eigenvalue weighted by Crippen LogP contribution is 2.24. The number of piperidine rings is 1. The summed E-state index contributed by atoms with van der Waals surface area (Å²) in [5.74, 6) is 0.139. The predicted octanol–water partition coefficient (Wildman–Crippen LogP) is 3.68. The molecule has 2 aliphatic rings. The minimum atomic E-state index is -0.787. The van der Waals surface area contributed by atoms with Crippen molar-refractivity contribution in [2.45, 2.75) is 50.7 Å². The van der Waals surface area contributed by atoms with Crippen LogP contribution in [0.2, 0.25) is 0 Å². The zero-order chi connectivity index (χ0) is 20.8. The zero-order valence-electron chi connectivity index (χ0n) is 17.4. The molecule has 1 aromatic carbocycles. The Balaban J connectivity index is 1.32. The lowest BCUT2D eigenvalue weighted by Crippen LogP contribution is -2.40. The average molecular weight is 410 g/mol. The fraction of sp³-hybridized carbons (Fsp3) is 0.500. The molecule has 30 heavy (non-hydrogen) atoms. The Bertz CT molecular complexity index is 843. The molecule has 1 fully saturated rings. The highest BCUT2D eigenvalue weighted by atomic mass is 16.5. The molecule has 0 unspecified atom stereocenters. The summed E-state index contributed by atoms with van der Waals surface area (Å²) in [5.41, 5.74) is 3.44. The molecule has 0 bridgehead atoms. The summed E-state index contributed by atoms with van der Waals surface area (Å²) in [5, 5.41) is 12.7. The van der Waals surface area contributed by atoms with Crippen molar-refractivity contribution in [3.8, 4) is 0 Å². The fourth-order valence-corrected chi connectivity index (χ4v) is 4.44. The number of nitrogens with zero attached hydrogens (tertiary/aromatic N) is 2. The second-order valence-corrected chi connectivity index (χ2v) is 8.38. The number of carboxylic acids is 1. The van der Waals surface area contributed by atoms with Crippen LogP contribution in [-0.4, -0.2) is 53.3 Å². The minimum Gasteiger partial charge on any atom is -0.481 e. The van der Waals surface area contributed by atoms with Crippen molar-refractivity contribution in [1.29, 1.82) is 0 Å². The maximum absolute atomic E-state index is 11.3. The van der Waals surface area contributed by atoms with Gasteiger partial charge in [0.2, 0.25) is 0 Å². The lowest BCUT2D eigenvalue weighted by molar-refractivity contribution is -0.138. The minimum absolute atomic E-state index is 0.0898. The number of pyridine rings is 1. The molecule has 1 saturated heterocycles. The second-order valence-electron chi connectivity index (χ2n) is 8.38. The van der Waals surface area contributed by atoms with E-state index < -0.39 is 5.97 Å². The third-order valence-corrected chi connectivity index (χ3v) is 6.02. The normalized spacial score (nSPS) is 20.2. The van der Waals surface area contributed by atoms with Crippen LogP contribution in [0.15, 0.2) is 42.5 Å². The largest absolute Gasteiger partial charge is 0.481 e. The number of aryl methyl sites for hydroxylation is 1. The second kappa shape index (κ2) is 10.0. The van der Waals surface area contributed by atoms with E-state index >= 15 is 0 Å². The molecular formula is C24H31N3O3. The number of hydrogen-bond acceptors (Lipinski definition) is 5. The van der Waals surface area contributed by atoms with E-state index in [1.54, 1.807) is 0 Å². The molecule has 2 aliphatic heterocycles. The number of aliphatic carboxylic acids is 1. The number of hydrogen-bond donors (Lipinski definition) is 2. The number of carboxylic acid groups (broad SMARTS) is 1. The lowest BCUT2D eigenvalue weighted by Gasteiger charge is -2.33. The summed E-state index contributed by atoms with van der Waals surface area (Å²) in [4.78, 5) is 18.5. The van der Waals surface area contributed by atoms with Crippen molar-refractivity contribution >= 4 is 11.8 Å². The molecule has 2 N–H and O–H groups in total. The van der Waals surface area contributed by atoms with Gasteiger partial charge in [0, 0.05) is 25.6 Å². The van der Waals surface area contributed by atoms with Crippen LogP contribution >= 0.6 is 0 Å². The Morgan fingerprint density at radius 1 is 1.23 bits per heavy atom. The number of ether oxygens (including phenoxy) is 1. The quantitative estimate of drug-likeness (QED) is 0.693. The maximum atomic E-state index is 11.3. The number of benzene rings is 1. The van der Waals surface area contributed by atoms with Crippen LogP contribution in [0.1, 0.15) is 48.4 Å². The highest BCUT2D eigenvalue weighted by Gasteiger charge is 2.24. The van der Waals surface area contributed by atoms with Gasteiger partial charge in [-0.05, 0) is 49.4 Å². The van der Waals surface area contributed by atoms with Crippen molar-refractivity contribution in [3.05, 3.63) is 59.3 Å². The van der Waals surface area contributed by atoms with Crippen LogP contribution in [-0.2, 0) is 22.5 Å². The molecule has 0 saturated carbocycles. The summed E-state index contributed by atoms with van der Waals surface area (Å²) in [7, 11) is 0. The Hall–Kier alpha value is -2.44. The number of nitrogens with one attached hydrogen (secondary N) is 1. The van der Waals surface area contributed by atoms with Gasteiger partial charge in [-0.2, -0.15) is 0 Å². The smallest absolute Gasteiger partial charge is 0.304 e. The first-order chi connectivity index (χ1) is 14.7. The molecular weight excluding hydrogens is 378 g/mol. The SMILES string of the molecule is O=C(O)C[C@@H](CO[C@@H]1CCCN(Cc2ccc3c(n2)NCCC3)C1)c1ccccc1. The van der Waals surface area contributed by atoms with Crippen LogP contribution < -0.4 is 5.32 Å². The highest BCUT2D eigenvalue weighted by molar-refractivity contribution is 5.68. The van der Waals surface area contributed by atoms with Gasteiger partial charge in [0.15, 0.2) is 0 Å². The van der Waals surface area contributed by atoms with Crippen LogP contribution in [0.5, 0.6) is 0 Å². The first-order valence-electron chi connectivity index (χ1n) is 11.0. The van der Waals surface area contributed by atoms with E-state index in [0.29, 0.717) is 6.61 Å². The molecule has 3 heterocycles.